The van der Waals surface area contributed by atoms with Crippen molar-refractivity contribution in [3.8, 4) is 17.0 Å². The van der Waals surface area contributed by atoms with Crippen molar-refractivity contribution in [2.24, 2.45) is 4.99 Å². The number of aromatic nitrogens is 3. The van der Waals surface area contributed by atoms with Crippen molar-refractivity contribution in [3.05, 3.63) is 72.3 Å². The highest BCUT2D eigenvalue weighted by Crippen LogP contribution is 2.20. The van der Waals surface area contributed by atoms with Gasteiger partial charge < -0.3 is 15.4 Å². The number of carbonyl (C=O) groups excluding carboxylic acids is 1. The van der Waals surface area contributed by atoms with Crippen molar-refractivity contribution < 1.29 is 9.53 Å². The van der Waals surface area contributed by atoms with Crippen LogP contribution in [-0.2, 0) is 11.2 Å². The number of nitrogens with zero attached hydrogens (tertiary/aromatic N) is 4. The van der Waals surface area contributed by atoms with Gasteiger partial charge in [-0.3, -0.25) is 9.79 Å². The zero-order valence-corrected chi connectivity index (χ0v) is 18.4. The normalized spacial score (nSPS) is 11.4. The number of ether oxygens (including phenoxy) is 1. The summed E-state index contributed by atoms with van der Waals surface area (Å²) >= 11 is 0. The lowest BCUT2D eigenvalue weighted by Crippen LogP contribution is -2.14. The molecule has 8 heteroatoms. The summed E-state index contributed by atoms with van der Waals surface area (Å²) in [5.41, 5.74) is 4.27. The van der Waals surface area contributed by atoms with Gasteiger partial charge in [-0.15, -0.1) is 0 Å². The first kappa shape index (κ1) is 22.6. The van der Waals surface area contributed by atoms with Crippen LogP contribution in [0.1, 0.15) is 18.9 Å². The molecule has 0 aliphatic carbocycles. The molecule has 0 radical (unpaired) electrons. The summed E-state index contributed by atoms with van der Waals surface area (Å²) in [6.07, 6.45) is 10.0. The van der Waals surface area contributed by atoms with Gasteiger partial charge in [0.1, 0.15) is 0 Å². The highest BCUT2D eigenvalue weighted by molar-refractivity contribution is 5.92. The molecule has 0 saturated carbocycles. The predicted octanol–water partition coefficient (Wildman–Crippen LogP) is 4.13. The number of allylic oxidation sites excluding steroid dienone is 2. The van der Waals surface area contributed by atoms with Gasteiger partial charge in [-0.05, 0) is 23.6 Å². The molecule has 3 rings (SSSR count). The molecule has 2 heterocycles. The third-order valence-corrected chi connectivity index (χ3v) is 4.48. The van der Waals surface area contributed by atoms with E-state index < -0.39 is 0 Å². The van der Waals surface area contributed by atoms with Crippen molar-refractivity contribution in [2.45, 2.75) is 19.8 Å². The standard InChI is InChI=1S/C24H26N6O2/c1-4-5-21(16-25-2)30-24-27-14-19(15-28-24)18-8-6-17(7-9-18)12-22(31)29-20-10-11-26-23(13-20)32-3/h5-11,13-16H,4,12H2,1-3H3,(H,26,29,31)(H,27,28,30)/b21-5+,25-16-. The number of benzene rings is 1. The first-order chi connectivity index (χ1) is 15.6. The lowest BCUT2D eigenvalue weighted by Gasteiger charge is -2.08. The van der Waals surface area contributed by atoms with Crippen molar-refractivity contribution in [3.63, 3.8) is 0 Å². The summed E-state index contributed by atoms with van der Waals surface area (Å²) < 4.78 is 5.07. The van der Waals surface area contributed by atoms with E-state index >= 15 is 0 Å². The largest absolute Gasteiger partial charge is 0.481 e. The Balaban J connectivity index is 1.61. The molecule has 32 heavy (non-hydrogen) atoms. The van der Waals surface area contributed by atoms with Gasteiger partial charge in [-0.1, -0.05) is 37.3 Å². The summed E-state index contributed by atoms with van der Waals surface area (Å²) in [5, 5.41) is 6.00. The van der Waals surface area contributed by atoms with E-state index in [2.05, 4.69) is 37.5 Å². The number of amides is 1. The monoisotopic (exact) mass is 430 g/mol. The molecule has 0 aliphatic heterocycles. The third-order valence-electron chi connectivity index (χ3n) is 4.48. The molecular formula is C24H26N6O2. The molecule has 164 valence electrons. The summed E-state index contributed by atoms with van der Waals surface area (Å²) in [7, 11) is 3.26. The highest BCUT2D eigenvalue weighted by atomic mass is 16.5. The van der Waals surface area contributed by atoms with Crippen LogP contribution in [0.15, 0.2) is 71.8 Å². The molecule has 2 aromatic heterocycles. The van der Waals surface area contributed by atoms with Crippen molar-refractivity contribution in [1.82, 2.24) is 15.0 Å². The summed E-state index contributed by atoms with van der Waals surface area (Å²) in [6.45, 7) is 2.05. The van der Waals surface area contributed by atoms with Crippen LogP contribution in [0.2, 0.25) is 0 Å². The van der Waals surface area contributed by atoms with Gasteiger partial charge in [0, 0.05) is 49.2 Å². The highest BCUT2D eigenvalue weighted by Gasteiger charge is 2.07. The average Bonchev–Trinajstić information content (AvgIpc) is 2.80. The fourth-order valence-corrected chi connectivity index (χ4v) is 2.97. The van der Waals surface area contributed by atoms with Gasteiger partial charge in [0.2, 0.25) is 17.7 Å². The van der Waals surface area contributed by atoms with Crippen LogP contribution in [0, 0.1) is 0 Å². The number of carbonyl (C=O) groups is 1. The second-order valence-corrected chi connectivity index (χ2v) is 6.88. The van der Waals surface area contributed by atoms with E-state index in [0.717, 1.165) is 28.8 Å². The Kier molecular flexibility index (Phi) is 8.02. The van der Waals surface area contributed by atoms with Gasteiger partial charge in [-0.2, -0.15) is 0 Å². The van der Waals surface area contributed by atoms with E-state index in [1.165, 1.54) is 7.11 Å². The molecule has 0 spiro atoms. The molecule has 2 N–H and O–H groups in total. The molecule has 1 amide bonds. The van der Waals surface area contributed by atoms with Gasteiger partial charge in [-0.25, -0.2) is 15.0 Å². The lowest BCUT2D eigenvalue weighted by molar-refractivity contribution is -0.115. The Morgan fingerprint density at radius 3 is 2.47 bits per heavy atom. The number of anilines is 2. The van der Waals surface area contributed by atoms with Crippen molar-refractivity contribution in [1.29, 1.82) is 0 Å². The molecule has 1 aromatic carbocycles. The fourth-order valence-electron chi connectivity index (χ4n) is 2.97. The van der Waals surface area contributed by atoms with Crippen LogP contribution in [-0.4, -0.2) is 41.2 Å². The van der Waals surface area contributed by atoms with E-state index in [9.17, 15) is 4.79 Å². The van der Waals surface area contributed by atoms with Crippen LogP contribution in [0.3, 0.4) is 0 Å². The van der Waals surface area contributed by atoms with E-state index in [1.807, 2.05) is 30.3 Å². The lowest BCUT2D eigenvalue weighted by atomic mass is 10.1. The number of aliphatic imine (C=N–C) groups is 1. The number of pyridine rings is 1. The van der Waals surface area contributed by atoms with Crippen LogP contribution < -0.4 is 15.4 Å². The first-order valence-electron chi connectivity index (χ1n) is 10.2. The van der Waals surface area contributed by atoms with Crippen molar-refractivity contribution in [2.75, 3.05) is 24.8 Å². The summed E-state index contributed by atoms with van der Waals surface area (Å²) in [5.74, 6) is 0.845. The SMILES string of the molecule is CC/C=C(\C=N/C)Nc1ncc(-c2ccc(CC(=O)Nc3ccnc(OC)c3)cc2)cn1. The number of nitrogens with one attached hydrogen (secondary N) is 2. The molecule has 3 aromatic rings. The summed E-state index contributed by atoms with van der Waals surface area (Å²) in [4.78, 5) is 29.2. The number of hydrogen-bond donors (Lipinski definition) is 2. The molecule has 0 unspecified atom stereocenters. The van der Waals surface area contributed by atoms with Gasteiger partial charge in [0.25, 0.3) is 0 Å². The minimum atomic E-state index is -0.115. The molecule has 8 nitrogen and oxygen atoms in total. The Bertz CT molecular complexity index is 1090. The van der Waals surface area contributed by atoms with Crippen LogP contribution in [0.4, 0.5) is 11.6 Å². The van der Waals surface area contributed by atoms with E-state index in [0.29, 0.717) is 17.5 Å². The average molecular weight is 431 g/mol. The quantitative estimate of drug-likeness (QED) is 0.495. The Morgan fingerprint density at radius 2 is 1.81 bits per heavy atom. The molecule has 0 atom stereocenters. The first-order valence-corrected chi connectivity index (χ1v) is 10.2. The number of hydrogen-bond acceptors (Lipinski definition) is 7. The van der Waals surface area contributed by atoms with Gasteiger partial charge in [0.05, 0.1) is 19.2 Å². The maximum absolute atomic E-state index is 12.3. The Labute approximate surface area is 187 Å². The van der Waals surface area contributed by atoms with E-state index in [1.54, 1.807) is 44.0 Å². The second kappa shape index (κ2) is 11.4. The zero-order chi connectivity index (χ0) is 22.8. The third kappa shape index (κ3) is 6.46. The van der Waals surface area contributed by atoms with Crippen LogP contribution in [0.25, 0.3) is 11.1 Å². The molecule has 0 aliphatic rings. The Morgan fingerprint density at radius 1 is 1.06 bits per heavy atom. The van der Waals surface area contributed by atoms with Crippen molar-refractivity contribution >= 4 is 23.8 Å². The molecule has 0 saturated heterocycles. The summed E-state index contributed by atoms with van der Waals surface area (Å²) in [6, 6.07) is 11.2. The zero-order valence-electron chi connectivity index (χ0n) is 18.4. The number of rotatable bonds is 9. The second-order valence-electron chi connectivity index (χ2n) is 6.88. The maximum atomic E-state index is 12.3. The topological polar surface area (TPSA) is 101 Å². The van der Waals surface area contributed by atoms with Gasteiger partial charge in [0.15, 0.2) is 0 Å². The molecule has 0 fully saturated rings. The smallest absolute Gasteiger partial charge is 0.228 e. The number of methoxy groups -OCH3 is 1. The van der Waals surface area contributed by atoms with E-state index in [4.69, 9.17) is 4.74 Å². The van der Waals surface area contributed by atoms with Crippen LogP contribution in [0.5, 0.6) is 5.88 Å². The minimum Gasteiger partial charge on any atom is -0.481 e. The fraction of sp³-hybridized carbons (Fsp3) is 0.208. The van der Waals surface area contributed by atoms with E-state index in [-0.39, 0.29) is 12.3 Å². The maximum Gasteiger partial charge on any atom is 0.228 e. The molecule has 0 bridgehead atoms. The minimum absolute atomic E-state index is 0.115. The Hall–Kier alpha value is -4.07. The van der Waals surface area contributed by atoms with Crippen LogP contribution >= 0.6 is 0 Å². The predicted molar refractivity (Wildman–Crippen MR) is 127 cm³/mol. The van der Waals surface area contributed by atoms with Gasteiger partial charge >= 0.3 is 0 Å². The molecular weight excluding hydrogens is 404 g/mol.